The number of amides is 2. The highest BCUT2D eigenvalue weighted by atomic mass is 35.5. The minimum absolute atomic E-state index is 0.132. The van der Waals surface area contributed by atoms with Crippen LogP contribution in [0.2, 0.25) is 5.02 Å². The van der Waals surface area contributed by atoms with Crippen LogP contribution in [-0.4, -0.2) is 38.6 Å². The molecule has 2 aromatic rings. The summed E-state index contributed by atoms with van der Waals surface area (Å²) in [6, 6.07) is 5.31. The van der Waals surface area contributed by atoms with E-state index in [2.05, 4.69) is 10.6 Å². The van der Waals surface area contributed by atoms with Crippen LogP contribution in [0.15, 0.2) is 22.6 Å². The second kappa shape index (κ2) is 7.29. The van der Waals surface area contributed by atoms with E-state index in [4.69, 9.17) is 20.8 Å². The maximum absolute atomic E-state index is 12.1. The molecule has 0 radical (unpaired) electrons. The predicted octanol–water partition coefficient (Wildman–Crippen LogP) is 1.89. The Morgan fingerprint density at radius 1 is 1.32 bits per heavy atom. The number of nitrogens with one attached hydrogen (secondary N) is 2. The number of halogens is 1. The second-order valence-corrected chi connectivity index (χ2v) is 5.11. The van der Waals surface area contributed by atoms with Crippen molar-refractivity contribution in [2.24, 2.45) is 0 Å². The van der Waals surface area contributed by atoms with E-state index in [1.807, 2.05) is 6.07 Å². The van der Waals surface area contributed by atoms with E-state index in [1.165, 1.54) is 0 Å². The van der Waals surface area contributed by atoms with E-state index < -0.39 is 5.91 Å². The molecule has 0 saturated carbocycles. The second-order valence-electron chi connectivity index (χ2n) is 4.70. The fourth-order valence-electron chi connectivity index (χ4n) is 2.02. The van der Waals surface area contributed by atoms with Gasteiger partial charge in [0.05, 0.1) is 18.2 Å². The molecule has 0 fully saturated rings. The first-order chi connectivity index (χ1) is 10.5. The lowest BCUT2D eigenvalue weighted by Crippen LogP contribution is -2.38. The molecule has 1 aromatic carbocycles. The molecule has 118 valence electrons. The van der Waals surface area contributed by atoms with Crippen molar-refractivity contribution in [2.75, 3.05) is 26.8 Å². The highest BCUT2D eigenvalue weighted by Crippen LogP contribution is 2.30. The van der Waals surface area contributed by atoms with Crippen LogP contribution in [-0.2, 0) is 9.53 Å². The maximum Gasteiger partial charge on any atom is 0.287 e. The van der Waals surface area contributed by atoms with Crippen molar-refractivity contribution in [1.82, 2.24) is 10.6 Å². The monoisotopic (exact) mass is 324 g/mol. The number of ether oxygens (including phenoxy) is 1. The van der Waals surface area contributed by atoms with Gasteiger partial charge in [0, 0.05) is 24.6 Å². The Labute approximate surface area is 132 Å². The topological polar surface area (TPSA) is 80.6 Å². The predicted molar refractivity (Wildman–Crippen MR) is 83.2 cm³/mol. The fourth-order valence-corrected chi connectivity index (χ4v) is 2.23. The molecule has 0 aliphatic rings. The number of aryl methyl sites for hydroxylation is 1. The largest absolute Gasteiger partial charge is 0.449 e. The summed E-state index contributed by atoms with van der Waals surface area (Å²) in [5.41, 5.74) is 1.16. The van der Waals surface area contributed by atoms with Crippen LogP contribution in [0, 0.1) is 6.92 Å². The molecule has 0 aliphatic carbocycles. The van der Waals surface area contributed by atoms with Gasteiger partial charge in [-0.3, -0.25) is 9.59 Å². The molecule has 2 amide bonds. The van der Waals surface area contributed by atoms with Crippen molar-refractivity contribution in [1.29, 1.82) is 0 Å². The van der Waals surface area contributed by atoms with Gasteiger partial charge in [0.25, 0.3) is 5.91 Å². The summed E-state index contributed by atoms with van der Waals surface area (Å²) in [7, 11) is 1.55. The molecule has 0 saturated heterocycles. The minimum Gasteiger partial charge on any atom is -0.449 e. The molecule has 0 spiro atoms. The van der Waals surface area contributed by atoms with Gasteiger partial charge >= 0.3 is 0 Å². The van der Waals surface area contributed by atoms with Crippen molar-refractivity contribution in [3.63, 3.8) is 0 Å². The Morgan fingerprint density at radius 3 is 2.77 bits per heavy atom. The fraction of sp³-hybridized carbons (Fsp3) is 0.333. The molecule has 7 heteroatoms. The Morgan fingerprint density at radius 2 is 2.09 bits per heavy atom. The number of hydrogen-bond acceptors (Lipinski definition) is 4. The zero-order valence-corrected chi connectivity index (χ0v) is 13.1. The van der Waals surface area contributed by atoms with E-state index in [0.717, 1.165) is 5.39 Å². The number of rotatable bonds is 6. The van der Waals surface area contributed by atoms with Crippen LogP contribution in [0.1, 0.15) is 16.1 Å². The van der Waals surface area contributed by atoms with E-state index in [1.54, 1.807) is 26.2 Å². The summed E-state index contributed by atoms with van der Waals surface area (Å²) in [5.74, 6) is -0.586. The highest BCUT2D eigenvalue weighted by Gasteiger charge is 2.19. The number of methoxy groups -OCH3 is 1. The van der Waals surface area contributed by atoms with Gasteiger partial charge in [0.2, 0.25) is 5.91 Å². The quantitative estimate of drug-likeness (QED) is 0.795. The van der Waals surface area contributed by atoms with E-state index in [-0.39, 0.29) is 18.2 Å². The normalized spacial score (nSPS) is 10.7. The van der Waals surface area contributed by atoms with Crippen LogP contribution in [0.25, 0.3) is 11.0 Å². The molecular formula is C15H17ClN2O4. The van der Waals surface area contributed by atoms with E-state index in [9.17, 15) is 9.59 Å². The standard InChI is InChI=1S/C15H17ClN2O4/c1-9-10-4-3-5-11(16)14(10)22-13(9)15(20)18-8-12(19)17-6-7-21-2/h3-5H,6-8H2,1-2H3,(H,17,19)(H,18,20). The van der Waals surface area contributed by atoms with Gasteiger partial charge in [-0.15, -0.1) is 0 Å². The number of carbonyl (C=O) groups excluding carboxylic acids is 2. The van der Waals surface area contributed by atoms with Crippen LogP contribution in [0.5, 0.6) is 0 Å². The number of carbonyl (C=O) groups is 2. The van der Waals surface area contributed by atoms with Gasteiger partial charge < -0.3 is 19.8 Å². The van der Waals surface area contributed by atoms with Crippen molar-refractivity contribution in [3.05, 3.63) is 34.5 Å². The Hall–Kier alpha value is -2.05. The van der Waals surface area contributed by atoms with Crippen molar-refractivity contribution >= 4 is 34.4 Å². The lowest BCUT2D eigenvalue weighted by atomic mass is 10.1. The van der Waals surface area contributed by atoms with Gasteiger partial charge in [0.15, 0.2) is 11.3 Å². The summed E-state index contributed by atoms with van der Waals surface area (Å²) in [5, 5.41) is 6.35. The van der Waals surface area contributed by atoms with Gasteiger partial charge in [0.1, 0.15) is 0 Å². The van der Waals surface area contributed by atoms with Crippen LogP contribution in [0.4, 0.5) is 0 Å². The number of fused-ring (bicyclic) bond motifs is 1. The van der Waals surface area contributed by atoms with Gasteiger partial charge in [-0.05, 0) is 13.0 Å². The number of hydrogen-bond donors (Lipinski definition) is 2. The molecule has 6 nitrogen and oxygen atoms in total. The Bertz CT molecular complexity index is 696. The van der Waals surface area contributed by atoms with Crippen LogP contribution in [0.3, 0.4) is 0 Å². The molecule has 2 N–H and O–H groups in total. The lowest BCUT2D eigenvalue weighted by Gasteiger charge is -2.05. The van der Waals surface area contributed by atoms with Crippen molar-refractivity contribution in [2.45, 2.75) is 6.92 Å². The molecule has 1 heterocycles. The summed E-state index contributed by atoms with van der Waals surface area (Å²) in [6.45, 7) is 2.45. The SMILES string of the molecule is COCCNC(=O)CNC(=O)c1oc2c(Cl)cccc2c1C. The van der Waals surface area contributed by atoms with Crippen molar-refractivity contribution in [3.8, 4) is 0 Å². The summed E-state index contributed by atoms with van der Waals surface area (Å²) in [6.07, 6.45) is 0. The number of para-hydroxylation sites is 1. The molecule has 1 aromatic heterocycles. The molecular weight excluding hydrogens is 308 g/mol. The van der Waals surface area contributed by atoms with Crippen LogP contribution < -0.4 is 10.6 Å². The molecule has 0 atom stereocenters. The number of furan rings is 1. The third-order valence-electron chi connectivity index (χ3n) is 3.16. The van der Waals surface area contributed by atoms with Gasteiger partial charge in [-0.2, -0.15) is 0 Å². The van der Waals surface area contributed by atoms with Crippen molar-refractivity contribution < 1.29 is 18.7 Å². The molecule has 0 bridgehead atoms. The first kappa shape index (κ1) is 16.3. The van der Waals surface area contributed by atoms with E-state index in [0.29, 0.717) is 29.3 Å². The van der Waals surface area contributed by atoms with Gasteiger partial charge in [-0.1, -0.05) is 23.7 Å². The smallest absolute Gasteiger partial charge is 0.287 e. The summed E-state index contributed by atoms with van der Waals surface area (Å²) in [4.78, 5) is 23.7. The minimum atomic E-state index is -0.452. The summed E-state index contributed by atoms with van der Waals surface area (Å²) >= 11 is 6.04. The molecule has 2 rings (SSSR count). The Kier molecular flexibility index (Phi) is 5.41. The van der Waals surface area contributed by atoms with Crippen LogP contribution >= 0.6 is 11.6 Å². The average Bonchev–Trinajstić information content (AvgIpc) is 2.84. The molecule has 0 aliphatic heterocycles. The zero-order chi connectivity index (χ0) is 16.1. The van der Waals surface area contributed by atoms with Gasteiger partial charge in [-0.25, -0.2) is 0 Å². The maximum atomic E-state index is 12.1. The number of benzene rings is 1. The molecule has 22 heavy (non-hydrogen) atoms. The zero-order valence-electron chi connectivity index (χ0n) is 12.4. The average molecular weight is 325 g/mol. The third-order valence-corrected chi connectivity index (χ3v) is 3.46. The van der Waals surface area contributed by atoms with E-state index >= 15 is 0 Å². The summed E-state index contributed by atoms with van der Waals surface area (Å²) < 4.78 is 10.3. The first-order valence-corrected chi connectivity index (χ1v) is 7.14. The molecule has 0 unspecified atom stereocenters. The third kappa shape index (κ3) is 3.58. The first-order valence-electron chi connectivity index (χ1n) is 6.76. The lowest BCUT2D eigenvalue weighted by molar-refractivity contribution is -0.120. The highest BCUT2D eigenvalue weighted by molar-refractivity contribution is 6.35. The Balaban J connectivity index is 2.03.